The van der Waals surface area contributed by atoms with Crippen molar-refractivity contribution >= 4 is 6.09 Å². The summed E-state index contributed by atoms with van der Waals surface area (Å²) in [6, 6.07) is 5.45. The van der Waals surface area contributed by atoms with Crippen molar-refractivity contribution in [3.05, 3.63) is 30.1 Å². The quantitative estimate of drug-likeness (QED) is 0.750. The molecule has 1 rings (SSSR count). The summed E-state index contributed by atoms with van der Waals surface area (Å²) in [5, 5.41) is 10.7. The molecule has 0 aliphatic heterocycles. The van der Waals surface area contributed by atoms with Gasteiger partial charge < -0.3 is 10.1 Å². The van der Waals surface area contributed by atoms with Crippen molar-refractivity contribution < 1.29 is 9.53 Å². The molecular formula is C10H11N3O2. The predicted molar refractivity (Wildman–Crippen MR) is 52.7 cm³/mol. The van der Waals surface area contributed by atoms with Gasteiger partial charge in [0.2, 0.25) is 0 Å². The third-order valence-electron chi connectivity index (χ3n) is 1.63. The number of aromatic nitrogens is 1. The number of nitriles is 1. The SMILES string of the molecule is N#CCCNC(=O)OCc1ccncc1. The summed E-state index contributed by atoms with van der Waals surface area (Å²) in [6.45, 7) is 0.520. The molecule has 5 nitrogen and oxygen atoms in total. The molecule has 1 aromatic heterocycles. The van der Waals surface area contributed by atoms with Crippen LogP contribution in [0.3, 0.4) is 0 Å². The highest BCUT2D eigenvalue weighted by molar-refractivity contribution is 5.67. The van der Waals surface area contributed by atoms with E-state index < -0.39 is 6.09 Å². The summed E-state index contributed by atoms with van der Waals surface area (Å²) in [5.41, 5.74) is 0.875. The lowest BCUT2D eigenvalue weighted by molar-refractivity contribution is 0.140. The molecule has 0 radical (unpaired) electrons. The summed E-state index contributed by atoms with van der Waals surface area (Å²) in [7, 11) is 0. The molecule has 5 heteroatoms. The van der Waals surface area contributed by atoms with Gasteiger partial charge in [-0.1, -0.05) is 0 Å². The Kier molecular flexibility index (Phi) is 4.67. The highest BCUT2D eigenvalue weighted by Gasteiger charge is 2.00. The Balaban J connectivity index is 2.20. The monoisotopic (exact) mass is 205 g/mol. The molecule has 0 saturated carbocycles. The summed E-state index contributed by atoms with van der Waals surface area (Å²) < 4.78 is 4.89. The molecule has 0 aromatic carbocycles. The zero-order valence-corrected chi connectivity index (χ0v) is 8.14. The van der Waals surface area contributed by atoms with Crippen molar-refractivity contribution in [1.29, 1.82) is 5.26 Å². The highest BCUT2D eigenvalue weighted by atomic mass is 16.5. The van der Waals surface area contributed by atoms with Crippen LogP contribution in [-0.4, -0.2) is 17.6 Å². The van der Waals surface area contributed by atoms with Crippen LogP contribution >= 0.6 is 0 Å². The minimum atomic E-state index is -0.512. The Morgan fingerprint density at radius 3 is 2.93 bits per heavy atom. The summed E-state index contributed by atoms with van der Waals surface area (Å²) in [4.78, 5) is 14.9. The van der Waals surface area contributed by atoms with E-state index in [4.69, 9.17) is 10.00 Å². The average Bonchev–Trinajstić information content (AvgIpc) is 2.28. The van der Waals surface area contributed by atoms with Crippen molar-refractivity contribution in [2.45, 2.75) is 13.0 Å². The first-order valence-corrected chi connectivity index (χ1v) is 4.49. The van der Waals surface area contributed by atoms with Crippen LogP contribution < -0.4 is 5.32 Å². The highest BCUT2D eigenvalue weighted by Crippen LogP contribution is 1.98. The van der Waals surface area contributed by atoms with E-state index in [1.54, 1.807) is 24.5 Å². The molecule has 0 aliphatic carbocycles. The maximum absolute atomic E-state index is 11.0. The van der Waals surface area contributed by atoms with Gasteiger partial charge in [-0.05, 0) is 17.7 Å². The molecule has 0 bridgehead atoms. The van der Waals surface area contributed by atoms with Gasteiger partial charge in [-0.2, -0.15) is 5.26 Å². The van der Waals surface area contributed by atoms with Gasteiger partial charge >= 0.3 is 6.09 Å². The smallest absolute Gasteiger partial charge is 0.407 e. The summed E-state index contributed by atoms with van der Waals surface area (Å²) >= 11 is 0. The minimum Gasteiger partial charge on any atom is -0.445 e. The maximum atomic E-state index is 11.0. The molecule has 1 N–H and O–H groups in total. The number of hydrogen-bond acceptors (Lipinski definition) is 4. The van der Waals surface area contributed by atoms with Crippen molar-refractivity contribution in [3.63, 3.8) is 0 Å². The van der Waals surface area contributed by atoms with Gasteiger partial charge in [0.15, 0.2) is 0 Å². The van der Waals surface area contributed by atoms with Gasteiger partial charge in [-0.3, -0.25) is 4.98 Å². The van der Waals surface area contributed by atoms with Crippen molar-refractivity contribution in [2.24, 2.45) is 0 Å². The van der Waals surface area contributed by atoms with Gasteiger partial charge in [-0.15, -0.1) is 0 Å². The van der Waals surface area contributed by atoms with Gasteiger partial charge in [0.25, 0.3) is 0 Å². The lowest BCUT2D eigenvalue weighted by Crippen LogP contribution is -2.24. The Morgan fingerprint density at radius 1 is 1.53 bits per heavy atom. The maximum Gasteiger partial charge on any atom is 0.407 e. The number of amides is 1. The van der Waals surface area contributed by atoms with E-state index in [9.17, 15) is 4.79 Å². The number of alkyl carbamates (subject to hydrolysis) is 1. The van der Waals surface area contributed by atoms with Crippen LogP contribution in [0.4, 0.5) is 4.79 Å². The molecule has 15 heavy (non-hydrogen) atoms. The molecule has 0 saturated heterocycles. The van der Waals surface area contributed by atoms with Gasteiger partial charge in [0.1, 0.15) is 6.61 Å². The molecule has 1 amide bonds. The molecule has 1 heterocycles. The Labute approximate surface area is 87.7 Å². The van der Waals surface area contributed by atoms with E-state index in [2.05, 4.69) is 10.3 Å². The van der Waals surface area contributed by atoms with Crippen molar-refractivity contribution in [1.82, 2.24) is 10.3 Å². The third kappa shape index (κ3) is 4.62. The number of nitrogens with zero attached hydrogens (tertiary/aromatic N) is 2. The van der Waals surface area contributed by atoms with E-state index in [0.717, 1.165) is 5.56 Å². The van der Waals surface area contributed by atoms with E-state index in [0.29, 0.717) is 6.54 Å². The van der Waals surface area contributed by atoms with E-state index in [1.807, 2.05) is 6.07 Å². The van der Waals surface area contributed by atoms with Crippen LogP contribution in [0.25, 0.3) is 0 Å². The van der Waals surface area contributed by atoms with Crippen LogP contribution in [0.2, 0.25) is 0 Å². The molecule has 78 valence electrons. The third-order valence-corrected chi connectivity index (χ3v) is 1.63. The lowest BCUT2D eigenvalue weighted by atomic mass is 10.3. The number of carbonyl (C=O) groups is 1. The summed E-state index contributed by atoms with van der Waals surface area (Å²) in [5.74, 6) is 0. The molecule has 0 atom stereocenters. The van der Waals surface area contributed by atoms with Gasteiger partial charge in [-0.25, -0.2) is 4.79 Å². The largest absolute Gasteiger partial charge is 0.445 e. The molecular weight excluding hydrogens is 194 g/mol. The topological polar surface area (TPSA) is 75.0 Å². The lowest BCUT2D eigenvalue weighted by Gasteiger charge is -2.04. The van der Waals surface area contributed by atoms with Crippen LogP contribution in [0.5, 0.6) is 0 Å². The Bertz CT molecular complexity index is 345. The Hall–Kier alpha value is -2.09. The number of carbonyl (C=O) groups excluding carboxylic acids is 1. The van der Waals surface area contributed by atoms with Crippen LogP contribution in [0, 0.1) is 11.3 Å². The number of ether oxygens (including phenoxy) is 1. The number of nitrogens with one attached hydrogen (secondary N) is 1. The zero-order chi connectivity index (χ0) is 10.9. The van der Waals surface area contributed by atoms with Crippen LogP contribution in [-0.2, 0) is 11.3 Å². The first kappa shape index (κ1) is 11.0. The predicted octanol–water partition coefficient (Wildman–Crippen LogP) is 1.22. The van der Waals surface area contributed by atoms with E-state index >= 15 is 0 Å². The van der Waals surface area contributed by atoms with E-state index in [1.165, 1.54) is 0 Å². The first-order valence-electron chi connectivity index (χ1n) is 4.49. The fraction of sp³-hybridized carbons (Fsp3) is 0.300. The fourth-order valence-electron chi connectivity index (χ4n) is 0.899. The van der Waals surface area contributed by atoms with Gasteiger partial charge in [0, 0.05) is 18.9 Å². The zero-order valence-electron chi connectivity index (χ0n) is 8.14. The second-order valence-corrected chi connectivity index (χ2v) is 2.77. The normalized spacial score (nSPS) is 9.00. The average molecular weight is 205 g/mol. The summed E-state index contributed by atoms with van der Waals surface area (Å²) in [6.07, 6.45) is 3.03. The Morgan fingerprint density at radius 2 is 2.27 bits per heavy atom. The number of hydrogen-bond donors (Lipinski definition) is 1. The molecule has 0 fully saturated rings. The molecule has 1 aromatic rings. The van der Waals surface area contributed by atoms with Crippen LogP contribution in [0.15, 0.2) is 24.5 Å². The minimum absolute atomic E-state index is 0.209. The molecule has 0 unspecified atom stereocenters. The standard InChI is InChI=1S/C10H11N3O2/c11-4-1-5-13-10(14)15-8-9-2-6-12-7-3-9/h2-3,6-7H,1,5,8H2,(H,13,14). The van der Waals surface area contributed by atoms with Crippen LogP contribution in [0.1, 0.15) is 12.0 Å². The molecule has 0 spiro atoms. The fourth-order valence-corrected chi connectivity index (χ4v) is 0.899. The second-order valence-electron chi connectivity index (χ2n) is 2.77. The molecule has 0 aliphatic rings. The number of rotatable bonds is 4. The van der Waals surface area contributed by atoms with Crippen molar-refractivity contribution in [3.8, 4) is 6.07 Å². The second kappa shape index (κ2) is 6.38. The van der Waals surface area contributed by atoms with Crippen molar-refractivity contribution in [2.75, 3.05) is 6.54 Å². The van der Waals surface area contributed by atoms with Gasteiger partial charge in [0.05, 0.1) is 12.5 Å². The van der Waals surface area contributed by atoms with E-state index in [-0.39, 0.29) is 13.0 Å². The first-order chi connectivity index (χ1) is 7.33. The number of pyridine rings is 1.